The summed E-state index contributed by atoms with van der Waals surface area (Å²) in [5.74, 6) is -0.333. The van der Waals surface area contributed by atoms with Crippen LogP contribution in [0.2, 0.25) is 0 Å². The van der Waals surface area contributed by atoms with Crippen LogP contribution in [0.3, 0.4) is 0 Å². The van der Waals surface area contributed by atoms with Gasteiger partial charge in [-0.1, -0.05) is 36.4 Å². The lowest BCUT2D eigenvalue weighted by atomic mass is 9.79. The van der Waals surface area contributed by atoms with E-state index in [0.29, 0.717) is 25.1 Å². The van der Waals surface area contributed by atoms with Gasteiger partial charge in [0.15, 0.2) is 11.6 Å². The minimum atomic E-state index is -0.978. The summed E-state index contributed by atoms with van der Waals surface area (Å²) in [7, 11) is 1.42. The Labute approximate surface area is 177 Å². The van der Waals surface area contributed by atoms with Gasteiger partial charge in [-0.25, -0.2) is 4.39 Å². The molecule has 2 atom stereocenters. The summed E-state index contributed by atoms with van der Waals surface area (Å²) >= 11 is 0. The summed E-state index contributed by atoms with van der Waals surface area (Å²) in [5, 5.41) is 11.7. The molecule has 0 bridgehead atoms. The Morgan fingerprint density at radius 1 is 1.17 bits per heavy atom. The van der Waals surface area contributed by atoms with Crippen molar-refractivity contribution in [1.29, 1.82) is 0 Å². The molecule has 0 saturated carbocycles. The Hall–Kier alpha value is -2.44. The number of hydrogen-bond donors (Lipinski definition) is 1. The lowest BCUT2D eigenvalue weighted by Gasteiger charge is -2.48. The van der Waals surface area contributed by atoms with Crippen LogP contribution in [0.5, 0.6) is 5.75 Å². The van der Waals surface area contributed by atoms with Crippen LogP contribution in [0.15, 0.2) is 48.5 Å². The molecule has 0 radical (unpaired) electrons. The third kappa shape index (κ3) is 4.07. The van der Waals surface area contributed by atoms with Gasteiger partial charge in [0.2, 0.25) is 5.91 Å². The van der Waals surface area contributed by atoms with Gasteiger partial charge in [-0.15, -0.1) is 0 Å². The molecule has 4 rings (SSSR count). The molecule has 2 aromatic carbocycles. The van der Waals surface area contributed by atoms with Crippen molar-refractivity contribution in [2.75, 3.05) is 33.3 Å². The van der Waals surface area contributed by atoms with Gasteiger partial charge in [0, 0.05) is 13.1 Å². The second-order valence-electron chi connectivity index (χ2n) is 8.28. The summed E-state index contributed by atoms with van der Waals surface area (Å²) in [5.41, 5.74) is 0.556. The molecular formula is C24H29FN2O3. The van der Waals surface area contributed by atoms with Crippen LogP contribution in [0.25, 0.3) is 0 Å². The first-order valence-electron chi connectivity index (χ1n) is 10.6. The van der Waals surface area contributed by atoms with Gasteiger partial charge in [0.25, 0.3) is 0 Å². The van der Waals surface area contributed by atoms with Crippen LogP contribution in [0, 0.1) is 5.82 Å². The molecule has 0 aromatic heterocycles. The van der Waals surface area contributed by atoms with Gasteiger partial charge in [-0.3, -0.25) is 9.69 Å². The van der Waals surface area contributed by atoms with E-state index in [-0.39, 0.29) is 24.1 Å². The first-order valence-corrected chi connectivity index (χ1v) is 10.6. The number of nitrogens with zero attached hydrogens (tertiary/aromatic N) is 2. The second kappa shape index (κ2) is 8.74. The molecule has 2 fully saturated rings. The molecule has 2 saturated heterocycles. The molecule has 0 aliphatic carbocycles. The normalized spacial score (nSPS) is 24.8. The van der Waals surface area contributed by atoms with E-state index in [1.165, 1.54) is 13.2 Å². The highest BCUT2D eigenvalue weighted by atomic mass is 19.1. The highest BCUT2D eigenvalue weighted by Gasteiger charge is 2.47. The van der Waals surface area contributed by atoms with Crippen molar-refractivity contribution >= 4 is 5.91 Å². The predicted molar refractivity (Wildman–Crippen MR) is 113 cm³/mol. The molecule has 1 N–H and O–H groups in total. The van der Waals surface area contributed by atoms with Crippen LogP contribution in [0.1, 0.15) is 30.4 Å². The Morgan fingerprint density at radius 3 is 2.57 bits per heavy atom. The molecule has 2 aromatic rings. The Balaban J connectivity index is 1.52. The summed E-state index contributed by atoms with van der Waals surface area (Å²) in [6.07, 6.45) is 2.85. The van der Waals surface area contributed by atoms with Crippen molar-refractivity contribution < 1.29 is 19.0 Å². The Morgan fingerprint density at radius 2 is 1.90 bits per heavy atom. The highest BCUT2D eigenvalue weighted by molar-refractivity contribution is 5.79. The number of ether oxygens (including phenoxy) is 1. The average Bonchev–Trinajstić information content (AvgIpc) is 3.29. The van der Waals surface area contributed by atoms with Gasteiger partial charge >= 0.3 is 0 Å². The van der Waals surface area contributed by atoms with E-state index in [4.69, 9.17) is 4.74 Å². The van der Waals surface area contributed by atoms with Crippen LogP contribution in [-0.4, -0.2) is 60.1 Å². The molecule has 0 unspecified atom stereocenters. The molecule has 5 nitrogen and oxygen atoms in total. The minimum absolute atomic E-state index is 0.0427. The number of amides is 1. The number of hydrogen-bond acceptors (Lipinski definition) is 4. The molecule has 2 heterocycles. The maximum atomic E-state index is 14.0. The molecule has 0 spiro atoms. The number of carbonyl (C=O) groups excluding carboxylic acids is 1. The summed E-state index contributed by atoms with van der Waals surface area (Å²) in [6, 6.07) is 14.3. The molecule has 2 aliphatic rings. The van der Waals surface area contributed by atoms with Crippen LogP contribution >= 0.6 is 0 Å². The summed E-state index contributed by atoms with van der Waals surface area (Å²) < 4.78 is 19.0. The monoisotopic (exact) mass is 412 g/mol. The fraction of sp³-hybridized carbons (Fsp3) is 0.458. The van der Waals surface area contributed by atoms with Gasteiger partial charge < -0.3 is 14.7 Å². The van der Waals surface area contributed by atoms with Gasteiger partial charge in [0.1, 0.15) is 5.60 Å². The highest BCUT2D eigenvalue weighted by Crippen LogP contribution is 2.37. The van der Waals surface area contributed by atoms with Crippen LogP contribution < -0.4 is 4.74 Å². The third-order valence-corrected chi connectivity index (χ3v) is 6.49. The lowest BCUT2D eigenvalue weighted by molar-refractivity contribution is -0.142. The zero-order valence-electron chi connectivity index (χ0n) is 17.4. The second-order valence-corrected chi connectivity index (χ2v) is 8.28. The number of rotatable bonds is 5. The first-order chi connectivity index (χ1) is 14.5. The van der Waals surface area contributed by atoms with E-state index in [0.717, 1.165) is 31.5 Å². The van der Waals surface area contributed by atoms with Gasteiger partial charge in [-0.2, -0.15) is 0 Å². The van der Waals surface area contributed by atoms with E-state index < -0.39 is 11.4 Å². The summed E-state index contributed by atoms with van der Waals surface area (Å²) in [4.78, 5) is 17.2. The molecule has 30 heavy (non-hydrogen) atoms. The SMILES string of the molecule is COc1ccc(CC(=O)N2CC[C@](O)(c3ccccc3)[C@H](N3CCCC3)C2)cc1F. The van der Waals surface area contributed by atoms with Crippen molar-refractivity contribution in [1.82, 2.24) is 9.80 Å². The van der Waals surface area contributed by atoms with Crippen molar-refractivity contribution in [3.8, 4) is 5.75 Å². The van der Waals surface area contributed by atoms with Crippen molar-refractivity contribution in [2.45, 2.75) is 37.3 Å². The van der Waals surface area contributed by atoms with E-state index in [9.17, 15) is 14.3 Å². The average molecular weight is 413 g/mol. The smallest absolute Gasteiger partial charge is 0.227 e. The fourth-order valence-corrected chi connectivity index (χ4v) is 4.79. The molecule has 2 aliphatic heterocycles. The standard InChI is InChI=1S/C24H29FN2O3/c1-30-21-10-9-18(15-20(21)25)16-23(28)27-14-11-24(29,19-7-3-2-4-8-19)22(17-27)26-12-5-6-13-26/h2-4,7-10,15,22,29H,5-6,11-14,16-17H2,1H3/t22-,24+/m1/s1. The van der Waals surface area contributed by atoms with Gasteiger partial charge in [0.05, 0.1) is 19.6 Å². The van der Waals surface area contributed by atoms with E-state index in [1.807, 2.05) is 35.2 Å². The Bertz CT molecular complexity index is 885. The zero-order chi connectivity index (χ0) is 21.1. The summed E-state index contributed by atoms with van der Waals surface area (Å²) in [6.45, 7) is 2.83. The first kappa shape index (κ1) is 20.8. The number of benzene rings is 2. The fourth-order valence-electron chi connectivity index (χ4n) is 4.79. The van der Waals surface area contributed by atoms with E-state index in [2.05, 4.69) is 4.90 Å². The minimum Gasteiger partial charge on any atom is -0.494 e. The largest absolute Gasteiger partial charge is 0.494 e. The molecule has 160 valence electrons. The lowest BCUT2D eigenvalue weighted by Crippen LogP contribution is -2.61. The van der Waals surface area contributed by atoms with Crippen LogP contribution in [0.4, 0.5) is 4.39 Å². The molecule has 1 amide bonds. The maximum absolute atomic E-state index is 14.0. The zero-order valence-corrected chi connectivity index (χ0v) is 17.4. The Kier molecular flexibility index (Phi) is 6.06. The topological polar surface area (TPSA) is 53.0 Å². The maximum Gasteiger partial charge on any atom is 0.227 e. The van der Waals surface area contributed by atoms with Crippen molar-refractivity contribution in [3.05, 3.63) is 65.5 Å². The quantitative estimate of drug-likeness (QED) is 0.821. The number of carbonyl (C=O) groups is 1. The number of methoxy groups -OCH3 is 1. The third-order valence-electron chi connectivity index (χ3n) is 6.49. The van der Waals surface area contributed by atoms with Crippen molar-refractivity contribution in [3.63, 3.8) is 0 Å². The number of aliphatic hydroxyl groups is 1. The number of likely N-dealkylation sites (tertiary alicyclic amines) is 2. The van der Waals surface area contributed by atoms with E-state index in [1.54, 1.807) is 12.1 Å². The number of piperidine rings is 1. The number of halogens is 1. The van der Waals surface area contributed by atoms with E-state index >= 15 is 0 Å². The van der Waals surface area contributed by atoms with Crippen molar-refractivity contribution in [2.24, 2.45) is 0 Å². The van der Waals surface area contributed by atoms with Crippen LogP contribution in [-0.2, 0) is 16.8 Å². The predicted octanol–water partition coefficient (Wildman–Crippen LogP) is 2.96. The van der Waals surface area contributed by atoms with Gasteiger partial charge in [-0.05, 0) is 55.6 Å². The molecular weight excluding hydrogens is 383 g/mol. The molecule has 6 heteroatoms.